The van der Waals surface area contributed by atoms with Gasteiger partial charge in [0, 0.05) is 34.4 Å². The van der Waals surface area contributed by atoms with E-state index in [1.807, 2.05) is 36.4 Å². The molecule has 25 heavy (non-hydrogen) atoms. The molecule has 1 N–H and O–H groups in total. The Kier molecular flexibility index (Phi) is 4.80. The summed E-state index contributed by atoms with van der Waals surface area (Å²) in [5.74, 6) is 0. The molecule has 1 fully saturated rings. The second-order valence-corrected chi connectivity index (χ2v) is 7.26. The van der Waals surface area contributed by atoms with Crippen molar-refractivity contribution < 1.29 is 5.11 Å². The Morgan fingerprint density at radius 2 is 1.68 bits per heavy atom. The Bertz CT molecular complexity index is 850. The van der Waals surface area contributed by atoms with Gasteiger partial charge in [-0.3, -0.25) is 0 Å². The van der Waals surface area contributed by atoms with Gasteiger partial charge in [0.25, 0.3) is 0 Å². The van der Waals surface area contributed by atoms with Crippen molar-refractivity contribution in [1.29, 1.82) is 0 Å². The average molecular weight is 355 g/mol. The Labute approximate surface area is 153 Å². The highest BCUT2D eigenvalue weighted by Crippen LogP contribution is 2.30. The molecule has 0 radical (unpaired) electrons. The summed E-state index contributed by atoms with van der Waals surface area (Å²) in [6.45, 7) is 2.88. The Balaban J connectivity index is 1.70. The van der Waals surface area contributed by atoms with Gasteiger partial charge in [-0.05, 0) is 56.3 Å². The number of benzene rings is 2. The van der Waals surface area contributed by atoms with Gasteiger partial charge in [0.05, 0.1) is 11.6 Å². The minimum absolute atomic E-state index is 0.475. The smallest absolute Gasteiger partial charge is 0.0937 e. The molecule has 3 aromatic rings. The summed E-state index contributed by atoms with van der Waals surface area (Å²) in [6.07, 6.45) is 5.38. The van der Waals surface area contributed by atoms with E-state index in [-0.39, 0.29) is 0 Å². The maximum atomic E-state index is 10.9. The summed E-state index contributed by atoms with van der Waals surface area (Å²) in [4.78, 5) is 2.38. The van der Waals surface area contributed by atoms with Crippen LogP contribution in [-0.4, -0.2) is 34.2 Å². The van der Waals surface area contributed by atoms with Crippen molar-refractivity contribution in [3.8, 4) is 5.69 Å². The zero-order valence-electron chi connectivity index (χ0n) is 14.2. The predicted molar refractivity (Wildman–Crippen MR) is 104 cm³/mol. The van der Waals surface area contributed by atoms with Gasteiger partial charge in [-0.15, -0.1) is 0 Å². The van der Waals surface area contributed by atoms with Gasteiger partial charge in [0.1, 0.15) is 0 Å². The van der Waals surface area contributed by atoms with Crippen LogP contribution in [0.4, 0.5) is 0 Å². The van der Waals surface area contributed by atoms with E-state index in [4.69, 9.17) is 11.6 Å². The van der Waals surface area contributed by atoms with Gasteiger partial charge in [0.15, 0.2) is 0 Å². The van der Waals surface area contributed by atoms with Crippen molar-refractivity contribution in [2.24, 2.45) is 0 Å². The quantitative estimate of drug-likeness (QED) is 0.728. The van der Waals surface area contributed by atoms with Crippen LogP contribution in [0.3, 0.4) is 0 Å². The van der Waals surface area contributed by atoms with Gasteiger partial charge in [-0.25, -0.2) is 0 Å². The van der Waals surface area contributed by atoms with Crippen LogP contribution < -0.4 is 0 Å². The topological polar surface area (TPSA) is 28.4 Å². The van der Waals surface area contributed by atoms with Gasteiger partial charge in [-0.1, -0.05) is 36.2 Å². The molecule has 1 unspecified atom stereocenters. The lowest BCUT2D eigenvalue weighted by atomic mass is 10.1. The summed E-state index contributed by atoms with van der Waals surface area (Å²) in [5, 5.41) is 12.7. The average Bonchev–Trinajstić information content (AvgIpc) is 3.03. The number of para-hydroxylation sites is 1. The van der Waals surface area contributed by atoms with E-state index in [2.05, 4.69) is 27.8 Å². The van der Waals surface area contributed by atoms with Crippen LogP contribution in [0.1, 0.15) is 30.9 Å². The van der Waals surface area contributed by atoms with E-state index < -0.39 is 6.10 Å². The van der Waals surface area contributed by atoms with Crippen LogP contribution in [0.5, 0.6) is 0 Å². The Morgan fingerprint density at radius 1 is 0.960 bits per heavy atom. The van der Waals surface area contributed by atoms with Crippen molar-refractivity contribution in [2.45, 2.75) is 25.4 Å². The second kappa shape index (κ2) is 7.20. The molecule has 1 saturated heterocycles. The van der Waals surface area contributed by atoms with Crippen molar-refractivity contribution >= 4 is 22.5 Å². The molecule has 4 heteroatoms. The normalized spacial score (nSPS) is 17.0. The lowest BCUT2D eigenvalue weighted by Gasteiger charge is -2.28. The zero-order valence-corrected chi connectivity index (χ0v) is 15.0. The molecule has 0 bridgehead atoms. The molecule has 4 rings (SSSR count). The first-order chi connectivity index (χ1) is 12.2. The molecule has 0 saturated carbocycles. The van der Waals surface area contributed by atoms with E-state index in [0.717, 1.165) is 40.3 Å². The first kappa shape index (κ1) is 16.6. The van der Waals surface area contributed by atoms with E-state index in [1.54, 1.807) is 0 Å². The van der Waals surface area contributed by atoms with Crippen molar-refractivity contribution in [3.05, 3.63) is 65.3 Å². The van der Waals surface area contributed by atoms with E-state index in [1.165, 1.54) is 19.3 Å². The molecule has 0 amide bonds. The fourth-order valence-electron chi connectivity index (χ4n) is 3.77. The fraction of sp³-hybridized carbons (Fsp3) is 0.333. The number of nitrogens with zero attached hydrogens (tertiary/aromatic N) is 2. The number of aliphatic hydroxyl groups is 1. The highest BCUT2D eigenvalue weighted by molar-refractivity contribution is 6.30. The molecule has 3 nitrogen and oxygen atoms in total. The van der Waals surface area contributed by atoms with Gasteiger partial charge < -0.3 is 14.6 Å². The number of hydrogen-bond acceptors (Lipinski definition) is 2. The summed E-state index contributed by atoms with van der Waals surface area (Å²) in [6, 6.07) is 16.1. The van der Waals surface area contributed by atoms with Crippen molar-refractivity contribution in [1.82, 2.24) is 9.47 Å². The van der Waals surface area contributed by atoms with Crippen molar-refractivity contribution in [2.75, 3.05) is 19.6 Å². The number of hydrogen-bond donors (Lipinski definition) is 1. The Hall–Kier alpha value is -1.81. The third-order valence-corrected chi connectivity index (χ3v) is 5.34. The number of rotatable bonds is 4. The number of piperidine rings is 1. The van der Waals surface area contributed by atoms with Crippen LogP contribution >= 0.6 is 11.6 Å². The maximum Gasteiger partial charge on any atom is 0.0937 e. The number of aromatic nitrogens is 1. The lowest BCUT2D eigenvalue weighted by molar-refractivity contribution is 0.102. The molecular formula is C21H23ClN2O. The van der Waals surface area contributed by atoms with Crippen molar-refractivity contribution in [3.63, 3.8) is 0 Å². The summed E-state index contributed by atoms with van der Waals surface area (Å²) in [5.41, 5.74) is 3.16. The first-order valence-electron chi connectivity index (χ1n) is 8.99. The number of halogens is 1. The van der Waals surface area contributed by atoms with Crippen LogP contribution in [0.15, 0.2) is 54.7 Å². The molecule has 0 aliphatic carbocycles. The molecular weight excluding hydrogens is 332 g/mol. The van der Waals surface area contributed by atoms with Crippen LogP contribution in [0.2, 0.25) is 5.02 Å². The largest absolute Gasteiger partial charge is 0.387 e. The van der Waals surface area contributed by atoms with Crippen LogP contribution in [0.25, 0.3) is 16.6 Å². The van der Waals surface area contributed by atoms with Crippen LogP contribution in [0, 0.1) is 0 Å². The third-order valence-electron chi connectivity index (χ3n) is 5.09. The van der Waals surface area contributed by atoms with Gasteiger partial charge >= 0.3 is 0 Å². The number of fused-ring (bicyclic) bond motifs is 1. The molecule has 1 atom stereocenters. The molecule has 1 aliphatic rings. The fourth-order valence-corrected chi connectivity index (χ4v) is 3.90. The highest BCUT2D eigenvalue weighted by Gasteiger charge is 2.20. The number of aliphatic hydroxyl groups excluding tert-OH is 1. The molecule has 1 aromatic heterocycles. The zero-order chi connectivity index (χ0) is 17.2. The van der Waals surface area contributed by atoms with Gasteiger partial charge in [-0.2, -0.15) is 0 Å². The van der Waals surface area contributed by atoms with E-state index >= 15 is 0 Å². The summed E-state index contributed by atoms with van der Waals surface area (Å²) in [7, 11) is 0. The molecule has 130 valence electrons. The lowest BCUT2D eigenvalue weighted by Crippen LogP contribution is -2.33. The molecule has 2 aromatic carbocycles. The molecule has 0 spiro atoms. The second-order valence-electron chi connectivity index (χ2n) is 6.83. The van der Waals surface area contributed by atoms with E-state index in [0.29, 0.717) is 6.54 Å². The summed E-state index contributed by atoms with van der Waals surface area (Å²) >= 11 is 6.03. The third kappa shape index (κ3) is 3.45. The minimum Gasteiger partial charge on any atom is -0.387 e. The highest BCUT2D eigenvalue weighted by atomic mass is 35.5. The maximum absolute atomic E-state index is 10.9. The van der Waals surface area contributed by atoms with E-state index in [9.17, 15) is 5.11 Å². The van der Waals surface area contributed by atoms with Crippen LogP contribution in [-0.2, 0) is 0 Å². The SMILES string of the molecule is OC(CN1CCCCC1)c1cn(-c2ccc(Cl)cc2)c2ccccc12. The molecule has 1 aliphatic heterocycles. The monoisotopic (exact) mass is 354 g/mol. The first-order valence-corrected chi connectivity index (χ1v) is 9.36. The van der Waals surface area contributed by atoms with Gasteiger partial charge in [0.2, 0.25) is 0 Å². The standard InChI is InChI=1S/C21H23ClN2O/c22-16-8-10-17(11-9-16)24-14-19(18-6-2-3-7-20(18)24)21(25)15-23-12-4-1-5-13-23/h2-3,6-11,14,21,25H,1,4-5,12-13,15H2. The number of likely N-dealkylation sites (tertiary alicyclic amines) is 1. The Morgan fingerprint density at radius 3 is 2.44 bits per heavy atom. The molecule has 2 heterocycles. The predicted octanol–water partition coefficient (Wildman–Crippen LogP) is 4.80. The number of β-amino-alcohol motifs (C(OH)–C–C–N with tert-alkyl or cyclic N) is 1. The summed E-state index contributed by atoms with van der Waals surface area (Å²) < 4.78 is 2.14. The minimum atomic E-state index is -0.475.